The quantitative estimate of drug-likeness (QED) is 0.729. The molecule has 1 aromatic carbocycles. The normalized spacial score (nSPS) is 14.3. The maximum Gasteiger partial charge on any atom is 0.291 e. The van der Waals surface area contributed by atoms with E-state index < -0.39 is 0 Å². The monoisotopic (exact) mass is 383 g/mol. The van der Waals surface area contributed by atoms with Gasteiger partial charge in [-0.1, -0.05) is 12.6 Å². The molecule has 0 bridgehead atoms. The molecule has 6 heteroatoms. The van der Waals surface area contributed by atoms with Gasteiger partial charge >= 0.3 is 0 Å². The zero-order valence-electron chi connectivity index (χ0n) is 13.2. The minimum Gasteiger partial charge on any atom is -0.438 e. The highest BCUT2D eigenvalue weighted by molar-refractivity contribution is 9.10. The molecular formula is C18H14BrN3O2. The molecule has 24 heavy (non-hydrogen) atoms. The molecule has 0 N–H and O–H groups in total. The third-order valence-electron chi connectivity index (χ3n) is 3.65. The van der Waals surface area contributed by atoms with E-state index in [4.69, 9.17) is 4.74 Å². The van der Waals surface area contributed by atoms with Crippen LogP contribution in [-0.4, -0.2) is 10.9 Å². The first-order valence-corrected chi connectivity index (χ1v) is 8.02. The van der Waals surface area contributed by atoms with Crippen molar-refractivity contribution >= 4 is 27.4 Å². The number of hydrogen-bond donors (Lipinski definition) is 0. The maximum atomic E-state index is 11.8. The first-order chi connectivity index (χ1) is 11.5. The number of pyridine rings is 1. The van der Waals surface area contributed by atoms with E-state index in [2.05, 4.69) is 37.7 Å². The molecule has 1 aromatic heterocycles. The van der Waals surface area contributed by atoms with Gasteiger partial charge < -0.3 is 4.74 Å². The fourth-order valence-corrected chi connectivity index (χ4v) is 2.79. The van der Waals surface area contributed by atoms with E-state index in [1.807, 2.05) is 37.3 Å². The van der Waals surface area contributed by atoms with E-state index in [-0.39, 0.29) is 5.91 Å². The molecule has 1 amide bonds. The molecule has 1 aliphatic heterocycles. The van der Waals surface area contributed by atoms with Gasteiger partial charge in [0.25, 0.3) is 5.91 Å². The number of rotatable bonds is 3. The molecule has 1 aliphatic rings. The molecule has 2 heterocycles. The Labute approximate surface area is 147 Å². The van der Waals surface area contributed by atoms with Crippen molar-refractivity contribution < 1.29 is 9.53 Å². The number of halogens is 1. The van der Waals surface area contributed by atoms with E-state index in [0.717, 1.165) is 21.2 Å². The summed E-state index contributed by atoms with van der Waals surface area (Å²) in [4.78, 5) is 16.0. The van der Waals surface area contributed by atoms with Crippen LogP contribution in [0.2, 0.25) is 0 Å². The predicted octanol–water partition coefficient (Wildman–Crippen LogP) is 5.22. The van der Waals surface area contributed by atoms with E-state index in [1.165, 1.54) is 0 Å². The average Bonchev–Trinajstić information content (AvgIpc) is 2.55. The van der Waals surface area contributed by atoms with Gasteiger partial charge in [0.15, 0.2) is 0 Å². The Balaban J connectivity index is 1.96. The van der Waals surface area contributed by atoms with Crippen LogP contribution in [0.1, 0.15) is 18.1 Å². The number of carbonyl (C=O) groups is 1. The van der Waals surface area contributed by atoms with Crippen LogP contribution in [0, 0.1) is 6.92 Å². The molecule has 3 rings (SSSR count). The summed E-state index contributed by atoms with van der Waals surface area (Å²) in [5.41, 5.74) is 3.57. The van der Waals surface area contributed by atoms with Gasteiger partial charge in [0.1, 0.15) is 5.75 Å². The third-order valence-corrected chi connectivity index (χ3v) is 4.26. The molecule has 0 aliphatic carbocycles. The smallest absolute Gasteiger partial charge is 0.291 e. The van der Waals surface area contributed by atoms with Crippen molar-refractivity contribution in [2.75, 3.05) is 0 Å². The number of allylic oxidation sites excluding steroid dienone is 1. The summed E-state index contributed by atoms with van der Waals surface area (Å²) in [6.45, 7) is 7.56. The van der Waals surface area contributed by atoms with Gasteiger partial charge in [0, 0.05) is 17.3 Å². The summed E-state index contributed by atoms with van der Waals surface area (Å²) in [5.74, 6) is 0.809. The zero-order chi connectivity index (χ0) is 17.3. The lowest BCUT2D eigenvalue weighted by atomic mass is 9.93. The first kappa shape index (κ1) is 16.3. The zero-order valence-corrected chi connectivity index (χ0v) is 14.8. The van der Waals surface area contributed by atoms with Crippen LogP contribution in [0.15, 0.2) is 69.1 Å². The summed E-state index contributed by atoms with van der Waals surface area (Å²) in [5, 5.41) is 7.41. The van der Waals surface area contributed by atoms with Gasteiger partial charge in [-0.05, 0) is 65.2 Å². The van der Waals surface area contributed by atoms with E-state index in [1.54, 1.807) is 13.1 Å². The molecule has 0 spiro atoms. The number of aryl methyl sites for hydroxylation is 1. The van der Waals surface area contributed by atoms with Gasteiger partial charge in [-0.25, -0.2) is 4.98 Å². The lowest BCUT2D eigenvalue weighted by Crippen LogP contribution is -2.06. The number of ether oxygens (including phenoxy) is 1. The Morgan fingerprint density at radius 1 is 1.17 bits per heavy atom. The molecule has 0 saturated carbocycles. The van der Waals surface area contributed by atoms with Crippen LogP contribution in [0.25, 0.3) is 5.57 Å². The van der Waals surface area contributed by atoms with Gasteiger partial charge in [-0.15, -0.1) is 10.2 Å². The standard InChI is InChI=1S/C18H14BrN3O2/c1-10-9-13(24-18-15(19)5-4-8-20-18)6-7-14(10)16-11(2)17(23)22-21-12(16)3/h4-9H,3H2,1-2H3. The summed E-state index contributed by atoms with van der Waals surface area (Å²) >= 11 is 3.40. The molecule has 0 unspecified atom stereocenters. The summed E-state index contributed by atoms with van der Waals surface area (Å²) in [6, 6.07) is 9.29. The molecule has 0 radical (unpaired) electrons. The van der Waals surface area contributed by atoms with Crippen molar-refractivity contribution in [1.82, 2.24) is 4.98 Å². The minimum absolute atomic E-state index is 0.338. The van der Waals surface area contributed by atoms with E-state index in [0.29, 0.717) is 22.9 Å². The number of nitrogens with zero attached hydrogens (tertiary/aromatic N) is 3. The SMILES string of the molecule is C=C1N=NC(=O)C(C)=C1c1ccc(Oc2ncccc2Br)cc1C. The second-order valence-corrected chi connectivity index (χ2v) is 6.18. The highest BCUT2D eigenvalue weighted by atomic mass is 79.9. The topological polar surface area (TPSA) is 63.9 Å². The number of amides is 1. The van der Waals surface area contributed by atoms with Crippen molar-refractivity contribution in [2.24, 2.45) is 10.2 Å². The highest BCUT2D eigenvalue weighted by Gasteiger charge is 2.21. The number of carbonyl (C=O) groups excluding carboxylic acids is 1. The summed E-state index contributed by atoms with van der Waals surface area (Å²) < 4.78 is 6.58. The van der Waals surface area contributed by atoms with Crippen LogP contribution in [0.4, 0.5) is 0 Å². The Morgan fingerprint density at radius 3 is 2.67 bits per heavy atom. The Kier molecular flexibility index (Phi) is 4.40. The van der Waals surface area contributed by atoms with Gasteiger partial charge in [0.2, 0.25) is 5.88 Å². The lowest BCUT2D eigenvalue weighted by Gasteiger charge is -2.16. The first-order valence-electron chi connectivity index (χ1n) is 7.23. The second kappa shape index (κ2) is 6.49. The molecule has 0 saturated heterocycles. The molecule has 0 atom stereocenters. The van der Waals surface area contributed by atoms with Gasteiger partial charge in [-0.3, -0.25) is 4.79 Å². The highest BCUT2D eigenvalue weighted by Crippen LogP contribution is 2.35. The van der Waals surface area contributed by atoms with Gasteiger partial charge in [0.05, 0.1) is 10.2 Å². The molecule has 0 fully saturated rings. The molecular weight excluding hydrogens is 370 g/mol. The lowest BCUT2D eigenvalue weighted by molar-refractivity contribution is -0.114. The molecule has 2 aromatic rings. The third kappa shape index (κ3) is 3.05. The van der Waals surface area contributed by atoms with Crippen molar-refractivity contribution in [3.05, 3.63) is 70.0 Å². The second-order valence-electron chi connectivity index (χ2n) is 5.32. The minimum atomic E-state index is -0.338. The van der Waals surface area contributed by atoms with Gasteiger partial charge in [-0.2, -0.15) is 0 Å². The van der Waals surface area contributed by atoms with Crippen molar-refractivity contribution in [3.8, 4) is 11.6 Å². The largest absolute Gasteiger partial charge is 0.438 e. The average molecular weight is 384 g/mol. The van der Waals surface area contributed by atoms with Crippen LogP contribution in [-0.2, 0) is 4.79 Å². The Bertz CT molecular complexity index is 916. The van der Waals surface area contributed by atoms with E-state index in [9.17, 15) is 4.79 Å². The number of hydrogen-bond acceptors (Lipinski definition) is 4. The Hall–Kier alpha value is -2.60. The summed E-state index contributed by atoms with van der Waals surface area (Å²) in [6.07, 6.45) is 1.66. The molecule has 120 valence electrons. The van der Waals surface area contributed by atoms with Crippen LogP contribution in [0.5, 0.6) is 11.6 Å². The van der Waals surface area contributed by atoms with E-state index >= 15 is 0 Å². The van der Waals surface area contributed by atoms with Crippen LogP contribution in [0.3, 0.4) is 0 Å². The van der Waals surface area contributed by atoms with Crippen molar-refractivity contribution in [2.45, 2.75) is 13.8 Å². The Morgan fingerprint density at radius 2 is 1.96 bits per heavy atom. The number of benzene rings is 1. The molecule has 5 nitrogen and oxygen atoms in total. The number of azo groups is 1. The maximum absolute atomic E-state index is 11.8. The van der Waals surface area contributed by atoms with Crippen LogP contribution >= 0.6 is 15.9 Å². The van der Waals surface area contributed by atoms with Crippen molar-refractivity contribution in [1.29, 1.82) is 0 Å². The van der Waals surface area contributed by atoms with Crippen molar-refractivity contribution in [3.63, 3.8) is 0 Å². The summed E-state index contributed by atoms with van der Waals surface area (Å²) in [7, 11) is 0. The van der Waals surface area contributed by atoms with Crippen LogP contribution < -0.4 is 4.74 Å². The number of aromatic nitrogens is 1. The predicted molar refractivity (Wildman–Crippen MR) is 94.8 cm³/mol. The fraction of sp³-hybridized carbons (Fsp3) is 0.111. The fourth-order valence-electron chi connectivity index (χ4n) is 2.45.